The number of hydrogen-bond acceptors (Lipinski definition) is 6. The molecule has 0 N–H and O–H groups in total. The number of piperazine rings is 1. The maximum absolute atomic E-state index is 13.3. The Labute approximate surface area is 208 Å². The number of nitrogens with zero attached hydrogens (tertiary/aromatic N) is 3. The number of aryl methyl sites for hydroxylation is 1. The Balaban J connectivity index is 1.38. The van der Waals surface area contributed by atoms with E-state index in [1.807, 2.05) is 43.0 Å². The number of benzene rings is 2. The average Bonchev–Trinajstić information content (AvgIpc) is 2.89. The van der Waals surface area contributed by atoms with Crippen molar-refractivity contribution in [2.45, 2.75) is 31.6 Å². The summed E-state index contributed by atoms with van der Waals surface area (Å²) in [6.45, 7) is 7.69. The van der Waals surface area contributed by atoms with Gasteiger partial charge in [-0.1, -0.05) is 0 Å². The number of hydrogen-bond donors (Lipinski definition) is 0. The molecular weight excluding hydrogens is 466 g/mol. The number of carbonyl (C=O) groups excluding carboxylic acids is 1. The first-order valence-corrected chi connectivity index (χ1v) is 13.7. The smallest absolute Gasteiger partial charge is 0.243 e. The summed E-state index contributed by atoms with van der Waals surface area (Å²) in [5, 5.41) is 0. The standard InChI is InChI=1S/C26H35N3O5S/c1-4-34-25-12-11-24(18-20(25)2)35(31,32)29-13-5-6-21(19-29)26(30)28-16-14-27(15-17-28)22-7-9-23(33-3)10-8-22/h7-12,18,21H,4-6,13-17,19H2,1-3H3/t21-/m0/s1. The number of methoxy groups -OCH3 is 1. The van der Waals surface area contributed by atoms with Crippen molar-refractivity contribution in [3.05, 3.63) is 48.0 Å². The van der Waals surface area contributed by atoms with Crippen molar-refractivity contribution in [2.24, 2.45) is 5.92 Å². The molecule has 0 spiro atoms. The maximum atomic E-state index is 13.3. The summed E-state index contributed by atoms with van der Waals surface area (Å²) in [4.78, 5) is 17.7. The topological polar surface area (TPSA) is 79.4 Å². The predicted octanol–water partition coefficient (Wildman–Crippen LogP) is 3.15. The lowest BCUT2D eigenvalue weighted by Gasteiger charge is -2.39. The van der Waals surface area contributed by atoms with E-state index in [0.717, 1.165) is 30.1 Å². The van der Waals surface area contributed by atoms with Crippen LogP contribution in [-0.4, -0.2) is 76.5 Å². The van der Waals surface area contributed by atoms with Gasteiger partial charge in [-0.15, -0.1) is 0 Å². The van der Waals surface area contributed by atoms with E-state index >= 15 is 0 Å². The SMILES string of the molecule is CCOc1ccc(S(=O)(=O)N2CCC[C@H](C(=O)N3CCN(c4ccc(OC)cc4)CC3)C2)cc1C. The molecule has 190 valence electrons. The van der Waals surface area contributed by atoms with Gasteiger partial charge in [-0.05, 0) is 74.7 Å². The van der Waals surface area contributed by atoms with Gasteiger partial charge < -0.3 is 19.3 Å². The van der Waals surface area contributed by atoms with Crippen LogP contribution in [0.2, 0.25) is 0 Å². The third-order valence-electron chi connectivity index (χ3n) is 6.85. The molecule has 1 amide bonds. The highest BCUT2D eigenvalue weighted by Crippen LogP contribution is 2.29. The molecule has 0 radical (unpaired) electrons. The van der Waals surface area contributed by atoms with Crippen LogP contribution in [0.3, 0.4) is 0 Å². The molecule has 2 heterocycles. The van der Waals surface area contributed by atoms with Gasteiger partial charge in [-0.2, -0.15) is 4.31 Å². The Morgan fingerprint density at radius 3 is 2.37 bits per heavy atom. The summed E-state index contributed by atoms with van der Waals surface area (Å²) in [6, 6.07) is 12.9. The average molecular weight is 502 g/mol. The van der Waals surface area contributed by atoms with E-state index < -0.39 is 10.0 Å². The van der Waals surface area contributed by atoms with E-state index in [2.05, 4.69) is 4.90 Å². The number of sulfonamides is 1. The normalized spacial score (nSPS) is 19.5. The summed E-state index contributed by atoms with van der Waals surface area (Å²) >= 11 is 0. The van der Waals surface area contributed by atoms with Gasteiger partial charge in [0.2, 0.25) is 15.9 Å². The summed E-state index contributed by atoms with van der Waals surface area (Å²) in [6.07, 6.45) is 1.39. The molecule has 0 unspecified atom stereocenters. The van der Waals surface area contributed by atoms with E-state index in [0.29, 0.717) is 44.8 Å². The molecule has 9 heteroatoms. The zero-order chi connectivity index (χ0) is 25.0. The Morgan fingerprint density at radius 1 is 1.03 bits per heavy atom. The molecule has 0 aromatic heterocycles. The van der Waals surface area contributed by atoms with E-state index in [1.165, 1.54) is 4.31 Å². The van der Waals surface area contributed by atoms with Crippen LogP contribution in [-0.2, 0) is 14.8 Å². The second-order valence-electron chi connectivity index (χ2n) is 9.07. The first-order chi connectivity index (χ1) is 16.8. The van der Waals surface area contributed by atoms with Crippen LogP contribution in [0.15, 0.2) is 47.4 Å². The first kappa shape index (κ1) is 25.3. The molecular formula is C26H35N3O5S. The Bertz CT molecular complexity index is 1130. The summed E-state index contributed by atoms with van der Waals surface area (Å²) in [5.41, 5.74) is 1.89. The monoisotopic (exact) mass is 501 g/mol. The van der Waals surface area contributed by atoms with Crippen molar-refractivity contribution in [3.63, 3.8) is 0 Å². The van der Waals surface area contributed by atoms with Gasteiger partial charge in [0, 0.05) is 45.0 Å². The van der Waals surface area contributed by atoms with Crippen LogP contribution in [0.1, 0.15) is 25.3 Å². The third kappa shape index (κ3) is 5.56. The van der Waals surface area contributed by atoms with E-state index in [9.17, 15) is 13.2 Å². The number of carbonyl (C=O) groups is 1. The summed E-state index contributed by atoms with van der Waals surface area (Å²) in [5.74, 6) is 1.25. The molecule has 2 aromatic rings. The number of ether oxygens (including phenoxy) is 2. The maximum Gasteiger partial charge on any atom is 0.243 e. The molecule has 0 saturated carbocycles. The third-order valence-corrected chi connectivity index (χ3v) is 8.71. The zero-order valence-corrected chi connectivity index (χ0v) is 21.6. The fraction of sp³-hybridized carbons (Fsp3) is 0.500. The lowest BCUT2D eigenvalue weighted by atomic mass is 9.97. The van der Waals surface area contributed by atoms with E-state index in [1.54, 1.807) is 25.3 Å². The first-order valence-electron chi connectivity index (χ1n) is 12.2. The number of amides is 1. The van der Waals surface area contributed by atoms with Crippen molar-refractivity contribution in [2.75, 3.05) is 57.9 Å². The van der Waals surface area contributed by atoms with Crippen LogP contribution >= 0.6 is 0 Å². The van der Waals surface area contributed by atoms with Crippen LogP contribution in [0.5, 0.6) is 11.5 Å². The Morgan fingerprint density at radius 2 is 1.74 bits per heavy atom. The Kier molecular flexibility index (Phi) is 7.86. The second kappa shape index (κ2) is 10.9. The molecule has 2 aromatic carbocycles. The molecule has 8 nitrogen and oxygen atoms in total. The largest absolute Gasteiger partial charge is 0.497 e. The van der Waals surface area contributed by atoms with Crippen LogP contribution in [0.25, 0.3) is 0 Å². The highest BCUT2D eigenvalue weighted by Gasteiger charge is 2.36. The van der Waals surface area contributed by atoms with Gasteiger partial charge in [0.05, 0.1) is 24.5 Å². The van der Waals surface area contributed by atoms with E-state index in [-0.39, 0.29) is 23.3 Å². The predicted molar refractivity (Wildman–Crippen MR) is 136 cm³/mol. The van der Waals surface area contributed by atoms with Gasteiger partial charge in [-0.3, -0.25) is 4.79 Å². The molecule has 0 aliphatic carbocycles. The number of piperidine rings is 1. The fourth-order valence-corrected chi connectivity index (χ4v) is 6.46. The summed E-state index contributed by atoms with van der Waals surface area (Å²) in [7, 11) is -2.03. The highest BCUT2D eigenvalue weighted by atomic mass is 32.2. The molecule has 2 saturated heterocycles. The molecule has 4 rings (SSSR count). The van der Waals surface area contributed by atoms with Gasteiger partial charge in [-0.25, -0.2) is 8.42 Å². The minimum Gasteiger partial charge on any atom is -0.497 e. The molecule has 1 atom stereocenters. The van der Waals surface area contributed by atoms with Crippen LogP contribution < -0.4 is 14.4 Å². The second-order valence-corrected chi connectivity index (χ2v) is 11.0. The minimum absolute atomic E-state index is 0.0576. The minimum atomic E-state index is -3.68. The van der Waals surface area contributed by atoms with Crippen molar-refractivity contribution in [1.82, 2.24) is 9.21 Å². The summed E-state index contributed by atoms with van der Waals surface area (Å²) < 4.78 is 38.9. The van der Waals surface area contributed by atoms with Crippen LogP contribution in [0.4, 0.5) is 5.69 Å². The van der Waals surface area contributed by atoms with Gasteiger partial charge >= 0.3 is 0 Å². The highest BCUT2D eigenvalue weighted by molar-refractivity contribution is 7.89. The zero-order valence-electron chi connectivity index (χ0n) is 20.8. The van der Waals surface area contributed by atoms with Gasteiger partial charge in [0.1, 0.15) is 11.5 Å². The molecule has 35 heavy (non-hydrogen) atoms. The Hall–Kier alpha value is -2.78. The molecule has 2 fully saturated rings. The van der Waals surface area contributed by atoms with Crippen molar-refractivity contribution in [1.29, 1.82) is 0 Å². The quantitative estimate of drug-likeness (QED) is 0.580. The van der Waals surface area contributed by atoms with Crippen molar-refractivity contribution >= 4 is 21.6 Å². The van der Waals surface area contributed by atoms with Crippen LogP contribution in [0, 0.1) is 12.8 Å². The van der Waals surface area contributed by atoms with Crippen molar-refractivity contribution in [3.8, 4) is 11.5 Å². The van der Waals surface area contributed by atoms with Gasteiger partial charge in [0.25, 0.3) is 0 Å². The lowest BCUT2D eigenvalue weighted by molar-refractivity contribution is -0.137. The van der Waals surface area contributed by atoms with E-state index in [4.69, 9.17) is 9.47 Å². The number of anilines is 1. The van der Waals surface area contributed by atoms with Crippen molar-refractivity contribution < 1.29 is 22.7 Å². The molecule has 2 aliphatic heterocycles. The lowest BCUT2D eigenvalue weighted by Crippen LogP contribution is -2.53. The molecule has 2 aliphatic rings. The molecule has 0 bridgehead atoms. The number of rotatable bonds is 7. The fourth-order valence-electron chi connectivity index (χ4n) is 4.85. The van der Waals surface area contributed by atoms with Gasteiger partial charge in [0.15, 0.2) is 0 Å².